The van der Waals surface area contributed by atoms with Crippen molar-refractivity contribution in [2.45, 2.75) is 12.5 Å². The summed E-state index contributed by atoms with van der Waals surface area (Å²) < 4.78 is 20.8. The zero-order valence-electron chi connectivity index (χ0n) is 9.13. The summed E-state index contributed by atoms with van der Waals surface area (Å²) >= 11 is 5.11. The third-order valence-electron chi connectivity index (χ3n) is 2.49. The molecule has 0 aliphatic carbocycles. The number of aromatic nitrogens is 1. The van der Waals surface area contributed by atoms with Crippen molar-refractivity contribution in [3.8, 4) is 0 Å². The Kier molecular flexibility index (Phi) is 3.70. The SMILES string of the molecule is O=[S+]1(O)CC[C@@H](NC(=S)Nc2ccccn2)C1. The second kappa shape index (κ2) is 5.07. The average molecular weight is 272 g/mol. The molecule has 0 saturated carbocycles. The fraction of sp³-hybridized carbons (Fsp3) is 0.400. The van der Waals surface area contributed by atoms with Crippen LogP contribution in [0.5, 0.6) is 0 Å². The first kappa shape index (κ1) is 12.4. The number of pyridine rings is 1. The molecule has 92 valence electrons. The first-order chi connectivity index (χ1) is 8.05. The zero-order valence-corrected chi connectivity index (χ0v) is 10.8. The molecule has 0 spiro atoms. The van der Waals surface area contributed by atoms with Crippen molar-refractivity contribution in [2.75, 3.05) is 16.8 Å². The van der Waals surface area contributed by atoms with Crippen molar-refractivity contribution in [1.29, 1.82) is 0 Å². The molecule has 1 aromatic rings. The Labute approximate surface area is 106 Å². The zero-order chi connectivity index (χ0) is 12.3. The minimum absolute atomic E-state index is 0.0313. The monoisotopic (exact) mass is 272 g/mol. The highest BCUT2D eigenvalue weighted by atomic mass is 32.3. The maximum absolute atomic E-state index is 11.4. The van der Waals surface area contributed by atoms with Crippen molar-refractivity contribution in [2.24, 2.45) is 0 Å². The van der Waals surface area contributed by atoms with Gasteiger partial charge in [0.15, 0.2) is 10.9 Å². The topological polar surface area (TPSA) is 74.2 Å². The van der Waals surface area contributed by atoms with Gasteiger partial charge in [0.25, 0.3) is 0 Å². The Morgan fingerprint density at radius 3 is 3.00 bits per heavy atom. The molecule has 2 rings (SSSR count). The Bertz CT molecular complexity index is 452. The van der Waals surface area contributed by atoms with Crippen LogP contribution in [0.3, 0.4) is 0 Å². The molecule has 3 N–H and O–H groups in total. The van der Waals surface area contributed by atoms with Crippen LogP contribution in [-0.2, 0) is 14.4 Å². The van der Waals surface area contributed by atoms with E-state index in [9.17, 15) is 8.76 Å². The second-order valence-corrected chi connectivity index (χ2v) is 6.64. The Hall–Kier alpha value is -1.05. The molecule has 1 aliphatic rings. The predicted octanol–water partition coefficient (Wildman–Crippen LogP) is 1.11. The maximum Gasteiger partial charge on any atom is 0.216 e. The summed E-state index contributed by atoms with van der Waals surface area (Å²) in [6.45, 7) is 0. The number of thiocarbonyl (C=S) groups is 1. The van der Waals surface area contributed by atoms with Gasteiger partial charge in [0.1, 0.15) is 11.6 Å². The lowest BCUT2D eigenvalue weighted by Gasteiger charge is -2.12. The quantitative estimate of drug-likeness (QED) is 0.553. The van der Waals surface area contributed by atoms with E-state index in [0.717, 1.165) is 0 Å². The van der Waals surface area contributed by atoms with Gasteiger partial charge in [-0.2, -0.15) is 4.55 Å². The van der Waals surface area contributed by atoms with E-state index in [1.807, 2.05) is 12.1 Å². The number of rotatable bonds is 2. The van der Waals surface area contributed by atoms with Gasteiger partial charge in [-0.3, -0.25) is 0 Å². The van der Waals surface area contributed by atoms with Gasteiger partial charge >= 0.3 is 0 Å². The predicted molar refractivity (Wildman–Crippen MR) is 72.4 cm³/mol. The molecule has 1 aliphatic heterocycles. The fourth-order valence-corrected chi connectivity index (χ4v) is 3.67. The fourth-order valence-electron chi connectivity index (χ4n) is 1.70. The van der Waals surface area contributed by atoms with E-state index in [-0.39, 0.29) is 11.8 Å². The van der Waals surface area contributed by atoms with Crippen LogP contribution in [0.15, 0.2) is 24.4 Å². The molecule has 0 amide bonds. The van der Waals surface area contributed by atoms with Crippen LogP contribution in [0.2, 0.25) is 0 Å². The van der Waals surface area contributed by atoms with Crippen molar-refractivity contribution in [3.05, 3.63) is 24.4 Å². The molecule has 5 nitrogen and oxygen atoms in total. The lowest BCUT2D eigenvalue weighted by atomic mass is 10.3. The van der Waals surface area contributed by atoms with Crippen LogP contribution in [0.25, 0.3) is 0 Å². The van der Waals surface area contributed by atoms with Crippen LogP contribution in [0.1, 0.15) is 6.42 Å². The van der Waals surface area contributed by atoms with Gasteiger partial charge in [-0.25, -0.2) is 4.98 Å². The van der Waals surface area contributed by atoms with E-state index in [0.29, 0.717) is 23.1 Å². The van der Waals surface area contributed by atoms with Crippen molar-refractivity contribution in [1.82, 2.24) is 10.3 Å². The summed E-state index contributed by atoms with van der Waals surface area (Å²) in [6, 6.07) is 5.45. The third-order valence-corrected chi connectivity index (χ3v) is 4.51. The number of anilines is 1. The number of hydrogen-bond donors (Lipinski definition) is 3. The molecule has 0 aromatic carbocycles. The molecule has 1 aromatic heterocycles. The van der Waals surface area contributed by atoms with Crippen molar-refractivity contribution < 1.29 is 8.76 Å². The van der Waals surface area contributed by atoms with Gasteiger partial charge in [-0.1, -0.05) is 10.3 Å². The Balaban J connectivity index is 1.85. The molecule has 0 bridgehead atoms. The van der Waals surface area contributed by atoms with Crippen LogP contribution in [-0.4, -0.2) is 32.2 Å². The van der Waals surface area contributed by atoms with E-state index < -0.39 is 10.2 Å². The lowest BCUT2D eigenvalue weighted by molar-refractivity contribution is 0.502. The third kappa shape index (κ3) is 3.72. The number of hydrogen-bond acceptors (Lipinski definition) is 3. The molecule has 2 atom stereocenters. The van der Waals surface area contributed by atoms with E-state index in [1.54, 1.807) is 12.3 Å². The smallest absolute Gasteiger partial charge is 0.216 e. The standard InChI is InChI=1S/C10H13N3O2S2/c14-17(15)6-4-8(7-17)12-10(16)13-9-3-1-2-5-11-9/h1-3,5,8H,4,6-7H2,(H2-,11,12,13,14,15,16)/p+1/t8-/m1/s1. The summed E-state index contributed by atoms with van der Waals surface area (Å²) in [5.41, 5.74) is 0. The van der Waals surface area contributed by atoms with Crippen LogP contribution in [0.4, 0.5) is 5.82 Å². The van der Waals surface area contributed by atoms with Crippen LogP contribution < -0.4 is 10.6 Å². The highest BCUT2D eigenvalue weighted by Crippen LogP contribution is 2.16. The normalized spacial score (nSPS) is 27.7. The van der Waals surface area contributed by atoms with Gasteiger partial charge in [-0.05, 0) is 24.4 Å². The molecule has 1 unspecified atom stereocenters. The first-order valence-electron chi connectivity index (χ1n) is 5.26. The largest absolute Gasteiger partial charge is 0.355 e. The highest BCUT2D eigenvalue weighted by molar-refractivity contribution is 7.98. The van der Waals surface area contributed by atoms with E-state index >= 15 is 0 Å². The molecule has 7 heteroatoms. The summed E-state index contributed by atoms with van der Waals surface area (Å²) in [7, 11) is -2.63. The summed E-state index contributed by atoms with van der Waals surface area (Å²) in [6.07, 6.45) is 2.33. The number of nitrogens with one attached hydrogen (secondary N) is 2. The first-order valence-corrected chi connectivity index (χ1v) is 7.52. The Morgan fingerprint density at radius 2 is 2.41 bits per heavy atom. The minimum Gasteiger partial charge on any atom is -0.355 e. The lowest BCUT2D eigenvalue weighted by Crippen LogP contribution is -2.39. The van der Waals surface area contributed by atoms with Crippen LogP contribution in [0, 0.1) is 0 Å². The molecule has 1 fully saturated rings. The van der Waals surface area contributed by atoms with Crippen molar-refractivity contribution >= 4 is 33.4 Å². The molecule has 17 heavy (non-hydrogen) atoms. The second-order valence-electron chi connectivity index (χ2n) is 3.94. The van der Waals surface area contributed by atoms with Gasteiger partial charge < -0.3 is 10.6 Å². The summed E-state index contributed by atoms with van der Waals surface area (Å²) in [5.74, 6) is 1.26. The molecular formula is C10H14N3O2S2+. The number of nitrogens with zero attached hydrogens (tertiary/aromatic N) is 1. The van der Waals surface area contributed by atoms with Gasteiger partial charge in [-0.15, -0.1) is 0 Å². The average Bonchev–Trinajstić information content (AvgIpc) is 2.59. The summed E-state index contributed by atoms with van der Waals surface area (Å²) in [5, 5.41) is 6.39. The van der Waals surface area contributed by atoms with Crippen LogP contribution >= 0.6 is 12.2 Å². The maximum atomic E-state index is 11.4. The Morgan fingerprint density at radius 1 is 1.59 bits per heavy atom. The van der Waals surface area contributed by atoms with E-state index in [2.05, 4.69) is 15.6 Å². The van der Waals surface area contributed by atoms with Gasteiger partial charge in [0.2, 0.25) is 10.2 Å². The van der Waals surface area contributed by atoms with E-state index in [4.69, 9.17) is 12.2 Å². The molecular weight excluding hydrogens is 258 g/mol. The summed E-state index contributed by atoms with van der Waals surface area (Å²) in [4.78, 5) is 4.08. The van der Waals surface area contributed by atoms with Gasteiger partial charge in [0.05, 0.1) is 6.04 Å². The van der Waals surface area contributed by atoms with Crippen molar-refractivity contribution in [3.63, 3.8) is 0 Å². The minimum atomic E-state index is -2.63. The molecule has 0 radical (unpaired) electrons. The molecule has 2 heterocycles. The van der Waals surface area contributed by atoms with E-state index in [1.165, 1.54) is 0 Å². The highest BCUT2D eigenvalue weighted by Gasteiger charge is 2.38. The van der Waals surface area contributed by atoms with Gasteiger partial charge in [0, 0.05) is 12.6 Å². The molecule has 1 saturated heterocycles.